The SMILES string of the molecule is CCOc1ccc(OCC[O])cc1. The molecular weight excluding hydrogens is 168 g/mol. The minimum Gasteiger partial charge on any atom is -0.494 e. The topological polar surface area (TPSA) is 38.4 Å². The Morgan fingerprint density at radius 3 is 2.08 bits per heavy atom. The Morgan fingerprint density at radius 1 is 1.08 bits per heavy atom. The molecule has 0 saturated carbocycles. The number of benzene rings is 1. The monoisotopic (exact) mass is 181 g/mol. The van der Waals surface area contributed by atoms with Gasteiger partial charge in [0, 0.05) is 0 Å². The van der Waals surface area contributed by atoms with E-state index in [2.05, 4.69) is 0 Å². The Labute approximate surface area is 77.9 Å². The van der Waals surface area contributed by atoms with Gasteiger partial charge in [0.15, 0.2) is 0 Å². The van der Waals surface area contributed by atoms with Gasteiger partial charge in [-0.15, -0.1) is 0 Å². The maximum absolute atomic E-state index is 10.1. The molecule has 1 rings (SSSR count). The lowest BCUT2D eigenvalue weighted by molar-refractivity contribution is 0.138. The highest BCUT2D eigenvalue weighted by Crippen LogP contribution is 2.17. The highest BCUT2D eigenvalue weighted by molar-refractivity contribution is 5.31. The van der Waals surface area contributed by atoms with E-state index in [0.717, 1.165) is 5.75 Å². The second-order valence-corrected chi connectivity index (χ2v) is 2.46. The average Bonchev–Trinajstić information content (AvgIpc) is 2.17. The van der Waals surface area contributed by atoms with Gasteiger partial charge in [-0.3, -0.25) is 0 Å². The van der Waals surface area contributed by atoms with Gasteiger partial charge in [-0.2, -0.15) is 0 Å². The first-order valence-corrected chi connectivity index (χ1v) is 4.30. The summed E-state index contributed by atoms with van der Waals surface area (Å²) < 4.78 is 10.4. The molecule has 0 saturated heterocycles. The molecule has 1 aromatic rings. The fourth-order valence-corrected chi connectivity index (χ4v) is 0.958. The molecule has 0 unspecified atom stereocenters. The lowest BCUT2D eigenvalue weighted by Gasteiger charge is -2.05. The summed E-state index contributed by atoms with van der Waals surface area (Å²) in [6, 6.07) is 7.23. The van der Waals surface area contributed by atoms with E-state index in [1.165, 1.54) is 0 Å². The summed E-state index contributed by atoms with van der Waals surface area (Å²) in [5, 5.41) is 10.1. The lowest BCUT2D eigenvalue weighted by atomic mass is 10.3. The molecule has 0 N–H and O–H groups in total. The van der Waals surface area contributed by atoms with Gasteiger partial charge in [0.1, 0.15) is 24.7 Å². The molecule has 0 aromatic heterocycles. The van der Waals surface area contributed by atoms with Crippen molar-refractivity contribution in [2.75, 3.05) is 19.8 Å². The van der Waals surface area contributed by atoms with Crippen LogP contribution in [0.4, 0.5) is 0 Å². The van der Waals surface area contributed by atoms with Gasteiger partial charge >= 0.3 is 0 Å². The summed E-state index contributed by atoms with van der Waals surface area (Å²) >= 11 is 0. The van der Waals surface area contributed by atoms with Crippen molar-refractivity contribution in [3.05, 3.63) is 24.3 Å². The third-order valence-corrected chi connectivity index (χ3v) is 1.49. The Balaban J connectivity index is 2.48. The number of hydrogen-bond acceptors (Lipinski definition) is 2. The van der Waals surface area contributed by atoms with Crippen LogP contribution in [0.25, 0.3) is 0 Å². The van der Waals surface area contributed by atoms with Gasteiger partial charge in [-0.1, -0.05) is 0 Å². The molecular formula is C10H13O3. The molecule has 0 bridgehead atoms. The first-order chi connectivity index (χ1) is 6.36. The zero-order chi connectivity index (χ0) is 9.52. The van der Waals surface area contributed by atoms with Crippen molar-refractivity contribution in [3.8, 4) is 11.5 Å². The van der Waals surface area contributed by atoms with Crippen molar-refractivity contribution >= 4 is 0 Å². The van der Waals surface area contributed by atoms with Crippen molar-refractivity contribution < 1.29 is 14.6 Å². The van der Waals surface area contributed by atoms with E-state index in [0.29, 0.717) is 12.4 Å². The van der Waals surface area contributed by atoms with Crippen LogP contribution in [0.15, 0.2) is 24.3 Å². The maximum atomic E-state index is 10.1. The van der Waals surface area contributed by atoms with E-state index < -0.39 is 0 Å². The smallest absolute Gasteiger partial charge is 0.119 e. The molecule has 1 radical (unpaired) electrons. The Morgan fingerprint density at radius 2 is 1.62 bits per heavy atom. The van der Waals surface area contributed by atoms with Crippen LogP contribution in [0.1, 0.15) is 6.92 Å². The van der Waals surface area contributed by atoms with Crippen molar-refractivity contribution in [1.82, 2.24) is 0 Å². The normalized spacial score (nSPS) is 9.69. The van der Waals surface area contributed by atoms with E-state index in [1.54, 1.807) is 12.1 Å². The summed E-state index contributed by atoms with van der Waals surface area (Å²) in [7, 11) is 0. The van der Waals surface area contributed by atoms with Gasteiger partial charge in [0.05, 0.1) is 6.61 Å². The van der Waals surface area contributed by atoms with E-state index in [1.807, 2.05) is 19.1 Å². The van der Waals surface area contributed by atoms with E-state index >= 15 is 0 Å². The summed E-state index contributed by atoms with van der Waals surface area (Å²) in [4.78, 5) is 0. The van der Waals surface area contributed by atoms with Gasteiger partial charge in [-0.25, -0.2) is 5.11 Å². The molecule has 0 amide bonds. The van der Waals surface area contributed by atoms with Crippen molar-refractivity contribution in [3.63, 3.8) is 0 Å². The summed E-state index contributed by atoms with van der Waals surface area (Å²) in [6.07, 6.45) is 0. The molecule has 0 heterocycles. The molecule has 0 fully saturated rings. The van der Waals surface area contributed by atoms with Crippen LogP contribution in [0.3, 0.4) is 0 Å². The van der Waals surface area contributed by atoms with Crippen molar-refractivity contribution in [1.29, 1.82) is 0 Å². The van der Waals surface area contributed by atoms with Crippen LogP contribution >= 0.6 is 0 Å². The van der Waals surface area contributed by atoms with Crippen LogP contribution in [0.5, 0.6) is 11.5 Å². The van der Waals surface area contributed by atoms with Crippen LogP contribution in [-0.2, 0) is 5.11 Å². The predicted octanol–water partition coefficient (Wildman–Crippen LogP) is 1.89. The number of hydrogen-bond donors (Lipinski definition) is 0. The van der Waals surface area contributed by atoms with Crippen LogP contribution in [0.2, 0.25) is 0 Å². The summed E-state index contributed by atoms with van der Waals surface area (Å²) in [5.41, 5.74) is 0. The molecule has 0 spiro atoms. The summed E-state index contributed by atoms with van der Waals surface area (Å²) in [6.45, 7) is 2.59. The summed E-state index contributed by atoms with van der Waals surface area (Å²) in [5.74, 6) is 1.52. The Hall–Kier alpha value is -1.22. The standard InChI is InChI=1S/C10H13O3/c1-2-12-9-3-5-10(6-4-9)13-8-7-11/h3-6H,2,7-8H2,1H3. The fraction of sp³-hybridized carbons (Fsp3) is 0.400. The molecule has 0 aliphatic heterocycles. The van der Waals surface area contributed by atoms with E-state index in [9.17, 15) is 5.11 Å². The highest BCUT2D eigenvalue weighted by atomic mass is 16.5. The fourth-order valence-electron chi connectivity index (χ4n) is 0.958. The maximum Gasteiger partial charge on any atom is 0.119 e. The van der Waals surface area contributed by atoms with Gasteiger partial charge in [0.25, 0.3) is 0 Å². The third kappa shape index (κ3) is 3.34. The Bertz CT molecular complexity index is 230. The predicted molar refractivity (Wildman–Crippen MR) is 48.7 cm³/mol. The first kappa shape index (κ1) is 9.86. The zero-order valence-electron chi connectivity index (χ0n) is 7.66. The molecule has 13 heavy (non-hydrogen) atoms. The Kier molecular flexibility index (Phi) is 4.12. The minimum atomic E-state index is -0.215. The second-order valence-electron chi connectivity index (χ2n) is 2.46. The quantitative estimate of drug-likeness (QED) is 0.695. The van der Waals surface area contributed by atoms with Gasteiger partial charge in [-0.05, 0) is 31.2 Å². The van der Waals surface area contributed by atoms with Crippen molar-refractivity contribution in [2.45, 2.75) is 6.92 Å². The lowest BCUT2D eigenvalue weighted by Crippen LogP contribution is -2.00. The molecule has 0 aliphatic carbocycles. The number of rotatable bonds is 5. The molecule has 0 atom stereocenters. The van der Waals surface area contributed by atoms with E-state index in [4.69, 9.17) is 9.47 Å². The molecule has 3 nitrogen and oxygen atoms in total. The molecule has 71 valence electrons. The van der Waals surface area contributed by atoms with Crippen LogP contribution in [0, 0.1) is 0 Å². The largest absolute Gasteiger partial charge is 0.494 e. The minimum absolute atomic E-state index is 0.215. The molecule has 1 aromatic carbocycles. The van der Waals surface area contributed by atoms with Crippen molar-refractivity contribution in [2.24, 2.45) is 0 Å². The number of ether oxygens (including phenoxy) is 2. The first-order valence-electron chi connectivity index (χ1n) is 4.30. The molecule has 3 heteroatoms. The highest BCUT2D eigenvalue weighted by Gasteiger charge is 1.94. The van der Waals surface area contributed by atoms with E-state index in [-0.39, 0.29) is 13.2 Å². The van der Waals surface area contributed by atoms with Crippen LogP contribution < -0.4 is 9.47 Å². The van der Waals surface area contributed by atoms with Crippen LogP contribution in [-0.4, -0.2) is 19.8 Å². The second kappa shape index (κ2) is 5.43. The average molecular weight is 181 g/mol. The molecule has 0 aliphatic rings. The third-order valence-electron chi connectivity index (χ3n) is 1.49. The van der Waals surface area contributed by atoms with Gasteiger partial charge in [0.2, 0.25) is 0 Å². The van der Waals surface area contributed by atoms with Gasteiger partial charge < -0.3 is 9.47 Å². The zero-order valence-corrected chi connectivity index (χ0v) is 7.66.